The number of nitrogens with zero attached hydrogens (tertiary/aromatic N) is 1. The number of hydrogen-bond acceptors (Lipinski definition) is 4. The van der Waals surface area contributed by atoms with Crippen LogP contribution in [-0.4, -0.2) is 54.2 Å². The molecule has 0 aliphatic carbocycles. The Balaban J connectivity index is 1.83. The van der Waals surface area contributed by atoms with Crippen LogP contribution in [0.2, 0.25) is 0 Å². The zero-order chi connectivity index (χ0) is 16.2. The summed E-state index contributed by atoms with van der Waals surface area (Å²) in [6.45, 7) is 7.76. The predicted octanol–water partition coefficient (Wildman–Crippen LogP) is 1.64. The summed E-state index contributed by atoms with van der Waals surface area (Å²) in [7, 11) is 0. The molecule has 0 bridgehead atoms. The minimum Gasteiger partial charge on any atom is -0.444 e. The van der Waals surface area contributed by atoms with E-state index in [0.29, 0.717) is 25.6 Å². The van der Waals surface area contributed by atoms with Gasteiger partial charge in [-0.2, -0.15) is 0 Å². The van der Waals surface area contributed by atoms with Crippen LogP contribution in [0.4, 0.5) is 4.79 Å². The Morgan fingerprint density at radius 1 is 1.23 bits per heavy atom. The summed E-state index contributed by atoms with van der Waals surface area (Å²) in [5.74, 6) is -0.0595. The molecule has 2 saturated heterocycles. The molecule has 2 unspecified atom stereocenters. The molecule has 126 valence electrons. The molecule has 22 heavy (non-hydrogen) atoms. The molecule has 6 nitrogen and oxygen atoms in total. The molecule has 0 radical (unpaired) electrons. The Labute approximate surface area is 132 Å². The summed E-state index contributed by atoms with van der Waals surface area (Å²) in [5.41, 5.74) is -0.535. The SMILES string of the molecule is CC(C)(C)OC(=O)N1CCCC1C(=O)NCC1CCCCN1. The fourth-order valence-corrected chi connectivity index (χ4v) is 3.02. The molecular weight excluding hydrogens is 282 g/mol. The monoisotopic (exact) mass is 311 g/mol. The van der Waals surface area contributed by atoms with E-state index in [1.807, 2.05) is 20.8 Å². The van der Waals surface area contributed by atoms with Gasteiger partial charge >= 0.3 is 6.09 Å². The Hall–Kier alpha value is -1.30. The van der Waals surface area contributed by atoms with Gasteiger partial charge in [-0.1, -0.05) is 6.42 Å². The average molecular weight is 311 g/mol. The van der Waals surface area contributed by atoms with Crippen molar-refractivity contribution in [1.29, 1.82) is 0 Å². The lowest BCUT2D eigenvalue weighted by atomic mass is 10.0. The maximum atomic E-state index is 12.4. The number of nitrogens with one attached hydrogen (secondary N) is 2. The number of piperidine rings is 1. The lowest BCUT2D eigenvalue weighted by Crippen LogP contribution is -2.50. The summed E-state index contributed by atoms with van der Waals surface area (Å²) in [6.07, 6.45) is 4.68. The molecule has 0 aromatic carbocycles. The second kappa shape index (κ2) is 7.31. The molecule has 2 atom stereocenters. The van der Waals surface area contributed by atoms with Crippen LogP contribution < -0.4 is 10.6 Å². The maximum Gasteiger partial charge on any atom is 0.410 e. The number of carbonyl (C=O) groups excluding carboxylic acids is 2. The van der Waals surface area contributed by atoms with Gasteiger partial charge in [0.15, 0.2) is 0 Å². The van der Waals surface area contributed by atoms with Gasteiger partial charge in [0.25, 0.3) is 0 Å². The highest BCUT2D eigenvalue weighted by molar-refractivity contribution is 5.86. The fraction of sp³-hybridized carbons (Fsp3) is 0.875. The number of carbonyl (C=O) groups is 2. The molecule has 0 spiro atoms. The lowest BCUT2D eigenvalue weighted by molar-refractivity contribution is -0.125. The second-order valence-corrected chi connectivity index (χ2v) is 7.22. The molecule has 6 heteroatoms. The third-order valence-corrected chi connectivity index (χ3v) is 4.12. The molecule has 2 amide bonds. The Morgan fingerprint density at radius 2 is 2.00 bits per heavy atom. The van der Waals surface area contributed by atoms with Gasteiger partial charge in [0.1, 0.15) is 11.6 Å². The molecule has 0 saturated carbocycles. The predicted molar refractivity (Wildman–Crippen MR) is 84.6 cm³/mol. The van der Waals surface area contributed by atoms with Crippen molar-refractivity contribution in [3.63, 3.8) is 0 Å². The molecule has 0 aromatic rings. The zero-order valence-corrected chi connectivity index (χ0v) is 14.0. The minimum absolute atomic E-state index is 0.0595. The topological polar surface area (TPSA) is 70.7 Å². The van der Waals surface area contributed by atoms with Crippen molar-refractivity contribution < 1.29 is 14.3 Å². The highest BCUT2D eigenvalue weighted by atomic mass is 16.6. The van der Waals surface area contributed by atoms with Crippen LogP contribution in [-0.2, 0) is 9.53 Å². The van der Waals surface area contributed by atoms with Crippen molar-refractivity contribution in [2.75, 3.05) is 19.6 Å². The number of rotatable bonds is 3. The standard InChI is InChI=1S/C16H29N3O3/c1-16(2,3)22-15(21)19-10-6-8-13(19)14(20)18-11-12-7-4-5-9-17-12/h12-13,17H,4-11H2,1-3H3,(H,18,20). The Morgan fingerprint density at radius 3 is 2.64 bits per heavy atom. The summed E-state index contributed by atoms with van der Waals surface area (Å²) >= 11 is 0. The van der Waals surface area contributed by atoms with Crippen LogP contribution in [0.15, 0.2) is 0 Å². The van der Waals surface area contributed by atoms with Crippen molar-refractivity contribution in [1.82, 2.24) is 15.5 Å². The van der Waals surface area contributed by atoms with E-state index in [2.05, 4.69) is 10.6 Å². The van der Waals surface area contributed by atoms with Crippen molar-refractivity contribution >= 4 is 12.0 Å². The third kappa shape index (κ3) is 4.87. The van der Waals surface area contributed by atoms with E-state index >= 15 is 0 Å². The van der Waals surface area contributed by atoms with Crippen LogP contribution >= 0.6 is 0 Å². The van der Waals surface area contributed by atoms with Gasteiger partial charge in [-0.15, -0.1) is 0 Å². The van der Waals surface area contributed by atoms with E-state index in [9.17, 15) is 9.59 Å². The second-order valence-electron chi connectivity index (χ2n) is 7.22. The first-order valence-corrected chi connectivity index (χ1v) is 8.37. The van der Waals surface area contributed by atoms with E-state index in [-0.39, 0.29) is 12.0 Å². The Kier molecular flexibility index (Phi) is 5.67. The summed E-state index contributed by atoms with van der Waals surface area (Å²) in [5, 5.41) is 6.40. The zero-order valence-electron chi connectivity index (χ0n) is 14.0. The van der Waals surface area contributed by atoms with Crippen molar-refractivity contribution in [2.24, 2.45) is 0 Å². The van der Waals surface area contributed by atoms with Gasteiger partial charge in [0.2, 0.25) is 5.91 Å². The minimum atomic E-state index is -0.535. The summed E-state index contributed by atoms with van der Waals surface area (Å²) < 4.78 is 5.39. The molecular formula is C16H29N3O3. The van der Waals surface area contributed by atoms with Gasteiger partial charge < -0.3 is 15.4 Å². The van der Waals surface area contributed by atoms with Crippen molar-refractivity contribution in [3.8, 4) is 0 Å². The average Bonchev–Trinajstić information content (AvgIpc) is 2.93. The first-order chi connectivity index (χ1) is 10.4. The number of amides is 2. The summed E-state index contributed by atoms with van der Waals surface area (Å²) in [6, 6.07) is -0.0347. The van der Waals surface area contributed by atoms with Crippen molar-refractivity contribution in [2.45, 2.75) is 70.6 Å². The van der Waals surface area contributed by atoms with Crippen LogP contribution in [0.5, 0.6) is 0 Å². The Bertz CT molecular complexity index is 400. The smallest absolute Gasteiger partial charge is 0.410 e. The van der Waals surface area contributed by atoms with E-state index in [0.717, 1.165) is 19.4 Å². The van der Waals surface area contributed by atoms with E-state index in [4.69, 9.17) is 4.74 Å². The molecule has 2 fully saturated rings. The van der Waals surface area contributed by atoms with Crippen LogP contribution in [0.1, 0.15) is 52.9 Å². The van der Waals surface area contributed by atoms with Crippen LogP contribution in [0, 0.1) is 0 Å². The highest BCUT2D eigenvalue weighted by Crippen LogP contribution is 2.21. The molecule has 2 N–H and O–H groups in total. The van der Waals surface area contributed by atoms with Crippen LogP contribution in [0.25, 0.3) is 0 Å². The van der Waals surface area contributed by atoms with Gasteiger partial charge in [-0.3, -0.25) is 9.69 Å². The normalized spacial score (nSPS) is 25.9. The largest absolute Gasteiger partial charge is 0.444 e. The van der Waals surface area contributed by atoms with Gasteiger partial charge in [-0.25, -0.2) is 4.79 Å². The lowest BCUT2D eigenvalue weighted by Gasteiger charge is -2.29. The van der Waals surface area contributed by atoms with E-state index < -0.39 is 11.6 Å². The third-order valence-electron chi connectivity index (χ3n) is 4.12. The fourth-order valence-electron chi connectivity index (χ4n) is 3.02. The van der Waals surface area contributed by atoms with Crippen molar-refractivity contribution in [3.05, 3.63) is 0 Å². The number of ether oxygens (including phenoxy) is 1. The number of likely N-dealkylation sites (tertiary alicyclic amines) is 1. The van der Waals surface area contributed by atoms with Crippen LogP contribution in [0.3, 0.4) is 0 Å². The first kappa shape index (κ1) is 17.1. The maximum absolute atomic E-state index is 12.4. The molecule has 2 aliphatic rings. The highest BCUT2D eigenvalue weighted by Gasteiger charge is 2.36. The quantitative estimate of drug-likeness (QED) is 0.831. The molecule has 0 aromatic heterocycles. The van der Waals surface area contributed by atoms with Gasteiger partial charge in [0, 0.05) is 19.1 Å². The van der Waals surface area contributed by atoms with E-state index in [1.165, 1.54) is 12.8 Å². The molecule has 2 heterocycles. The molecule has 2 aliphatic heterocycles. The summed E-state index contributed by atoms with van der Waals surface area (Å²) in [4.78, 5) is 26.1. The first-order valence-electron chi connectivity index (χ1n) is 8.37. The molecule has 2 rings (SSSR count). The van der Waals surface area contributed by atoms with E-state index in [1.54, 1.807) is 4.90 Å². The van der Waals surface area contributed by atoms with Gasteiger partial charge in [0.05, 0.1) is 0 Å². The number of hydrogen-bond donors (Lipinski definition) is 2. The van der Waals surface area contributed by atoms with Gasteiger partial charge in [-0.05, 0) is 53.0 Å².